The molecule has 2 nitrogen and oxygen atoms in total. The van der Waals surface area contributed by atoms with Crippen molar-refractivity contribution in [1.82, 2.24) is 0 Å². The Kier molecular flexibility index (Phi) is 5.71. The fourth-order valence-corrected chi connectivity index (χ4v) is 4.11. The maximum atomic E-state index is 14.6. The highest BCUT2D eigenvalue weighted by atomic mass is 19.4. The van der Waals surface area contributed by atoms with Crippen LogP contribution in [0, 0.1) is 11.2 Å². The molecule has 0 amide bonds. The van der Waals surface area contributed by atoms with Gasteiger partial charge in [-0.05, 0) is 59.1 Å². The number of hydrogen-bond acceptors (Lipinski definition) is 2. The minimum Gasteiger partial charge on any atom is -0.484 e. The van der Waals surface area contributed by atoms with Gasteiger partial charge in [0, 0.05) is 5.56 Å². The zero-order valence-corrected chi connectivity index (χ0v) is 15.9. The second kappa shape index (κ2) is 7.74. The van der Waals surface area contributed by atoms with Crippen LogP contribution < -0.4 is 4.74 Å². The topological polar surface area (TPSA) is 29.5 Å². The standard InChI is InChI=1S/C22H24F4O2/c1-21(2)9-3-4-19(21)17-10-14(12-27)5-7-16(17)18-11-15(6-8-20(18)23)28-13-22(24,25)26/h5-8,10-11,19,27H,3-4,9,12-13H2,1-2H3/t19-/m1/s1. The average Bonchev–Trinajstić information content (AvgIpc) is 2.99. The van der Waals surface area contributed by atoms with E-state index in [0.29, 0.717) is 5.56 Å². The first-order valence-electron chi connectivity index (χ1n) is 9.34. The van der Waals surface area contributed by atoms with Crippen LogP contribution in [0.2, 0.25) is 0 Å². The third kappa shape index (κ3) is 4.49. The lowest BCUT2D eigenvalue weighted by Gasteiger charge is -2.30. The van der Waals surface area contributed by atoms with Gasteiger partial charge in [0.2, 0.25) is 0 Å². The SMILES string of the molecule is CC1(C)CCC[C@@H]1c1cc(CO)ccc1-c1cc(OCC(F)(F)F)ccc1F. The van der Waals surface area contributed by atoms with Crippen molar-refractivity contribution in [1.29, 1.82) is 0 Å². The predicted octanol–water partition coefficient (Wildman–Crippen LogP) is 6.22. The van der Waals surface area contributed by atoms with Crippen LogP contribution in [0.4, 0.5) is 17.6 Å². The molecule has 0 aliphatic heterocycles. The molecule has 28 heavy (non-hydrogen) atoms. The summed E-state index contributed by atoms with van der Waals surface area (Å²) >= 11 is 0. The number of hydrogen-bond donors (Lipinski definition) is 1. The number of aliphatic hydroxyl groups excluding tert-OH is 1. The highest BCUT2D eigenvalue weighted by Gasteiger charge is 2.37. The van der Waals surface area contributed by atoms with Gasteiger partial charge in [-0.25, -0.2) is 4.39 Å². The molecule has 0 spiro atoms. The summed E-state index contributed by atoms with van der Waals surface area (Å²) in [6, 6.07) is 8.98. The van der Waals surface area contributed by atoms with E-state index in [4.69, 9.17) is 4.74 Å². The zero-order chi connectivity index (χ0) is 20.5. The Morgan fingerprint density at radius 1 is 1.11 bits per heavy atom. The summed E-state index contributed by atoms with van der Waals surface area (Å²) in [4.78, 5) is 0. The molecule has 0 radical (unpaired) electrons. The Labute approximate surface area is 162 Å². The van der Waals surface area contributed by atoms with Gasteiger partial charge in [0.1, 0.15) is 11.6 Å². The van der Waals surface area contributed by atoms with Gasteiger partial charge in [-0.15, -0.1) is 0 Å². The molecular formula is C22H24F4O2. The number of ether oxygens (including phenoxy) is 1. The second-order valence-electron chi connectivity index (χ2n) is 8.06. The summed E-state index contributed by atoms with van der Waals surface area (Å²) in [6.07, 6.45) is -1.42. The molecule has 1 aliphatic rings. The summed E-state index contributed by atoms with van der Waals surface area (Å²) in [5, 5.41) is 9.54. The summed E-state index contributed by atoms with van der Waals surface area (Å²) in [5.74, 6) is -0.377. The summed E-state index contributed by atoms with van der Waals surface area (Å²) in [6.45, 7) is 2.78. The van der Waals surface area contributed by atoms with Gasteiger partial charge in [-0.1, -0.05) is 38.5 Å². The fraction of sp³-hybridized carbons (Fsp3) is 0.455. The van der Waals surface area contributed by atoms with Crippen molar-refractivity contribution in [2.45, 2.75) is 51.8 Å². The van der Waals surface area contributed by atoms with Gasteiger partial charge in [-0.2, -0.15) is 13.2 Å². The maximum Gasteiger partial charge on any atom is 0.422 e. The molecule has 2 aromatic carbocycles. The van der Waals surface area contributed by atoms with Gasteiger partial charge < -0.3 is 9.84 Å². The third-order valence-corrected chi connectivity index (χ3v) is 5.56. The van der Waals surface area contributed by atoms with Crippen molar-refractivity contribution < 1.29 is 27.4 Å². The van der Waals surface area contributed by atoms with E-state index in [1.165, 1.54) is 12.1 Å². The number of benzene rings is 2. The van der Waals surface area contributed by atoms with Crippen molar-refractivity contribution in [2.75, 3.05) is 6.61 Å². The number of aliphatic hydroxyl groups is 1. The molecule has 1 atom stereocenters. The smallest absolute Gasteiger partial charge is 0.422 e. The van der Waals surface area contributed by atoms with Crippen molar-refractivity contribution in [3.8, 4) is 16.9 Å². The van der Waals surface area contributed by atoms with Crippen LogP contribution in [-0.2, 0) is 6.61 Å². The van der Waals surface area contributed by atoms with Crippen LogP contribution in [0.1, 0.15) is 50.2 Å². The minimum absolute atomic E-state index is 0.0176. The van der Waals surface area contributed by atoms with Crippen LogP contribution in [-0.4, -0.2) is 17.9 Å². The van der Waals surface area contributed by atoms with Gasteiger partial charge >= 0.3 is 6.18 Å². The second-order valence-corrected chi connectivity index (χ2v) is 8.06. The van der Waals surface area contributed by atoms with Crippen LogP contribution >= 0.6 is 0 Å². The summed E-state index contributed by atoms with van der Waals surface area (Å²) < 4.78 is 56.8. The number of halogens is 4. The molecular weight excluding hydrogens is 372 g/mol. The molecule has 1 fully saturated rings. The first kappa shape index (κ1) is 20.6. The molecule has 1 aliphatic carbocycles. The Hall–Kier alpha value is -2.08. The summed E-state index contributed by atoms with van der Waals surface area (Å²) in [7, 11) is 0. The molecule has 0 heterocycles. The van der Waals surface area contributed by atoms with Crippen molar-refractivity contribution in [3.05, 3.63) is 53.3 Å². The van der Waals surface area contributed by atoms with E-state index in [1.807, 2.05) is 6.07 Å². The molecule has 6 heteroatoms. The van der Waals surface area contributed by atoms with Crippen LogP contribution in [0.25, 0.3) is 11.1 Å². The average molecular weight is 396 g/mol. The molecule has 1 saturated carbocycles. The quantitative estimate of drug-likeness (QED) is 0.608. The van der Waals surface area contributed by atoms with Crippen LogP contribution in [0.5, 0.6) is 5.75 Å². The maximum absolute atomic E-state index is 14.6. The van der Waals surface area contributed by atoms with E-state index in [-0.39, 0.29) is 29.3 Å². The first-order valence-corrected chi connectivity index (χ1v) is 9.34. The van der Waals surface area contributed by atoms with E-state index in [1.54, 1.807) is 12.1 Å². The highest BCUT2D eigenvalue weighted by Crippen LogP contribution is 2.51. The van der Waals surface area contributed by atoms with Gasteiger partial charge in [0.05, 0.1) is 6.61 Å². The normalized spacial score (nSPS) is 19.0. The predicted molar refractivity (Wildman–Crippen MR) is 99.7 cm³/mol. The molecule has 0 saturated heterocycles. The van der Waals surface area contributed by atoms with E-state index in [9.17, 15) is 22.7 Å². The molecule has 2 aromatic rings. The van der Waals surface area contributed by atoms with Crippen molar-refractivity contribution in [3.63, 3.8) is 0 Å². The fourth-order valence-electron chi connectivity index (χ4n) is 4.11. The van der Waals surface area contributed by atoms with Gasteiger partial charge in [-0.3, -0.25) is 0 Å². The first-order chi connectivity index (χ1) is 13.1. The lowest BCUT2D eigenvalue weighted by Crippen LogP contribution is -2.19. The van der Waals surface area contributed by atoms with E-state index >= 15 is 0 Å². The monoisotopic (exact) mass is 396 g/mol. The molecule has 1 N–H and O–H groups in total. The molecule has 0 aromatic heterocycles. The Morgan fingerprint density at radius 2 is 1.86 bits per heavy atom. The zero-order valence-electron chi connectivity index (χ0n) is 15.9. The van der Waals surface area contributed by atoms with Crippen molar-refractivity contribution >= 4 is 0 Å². The van der Waals surface area contributed by atoms with Crippen molar-refractivity contribution in [2.24, 2.45) is 5.41 Å². The van der Waals surface area contributed by atoms with Crippen LogP contribution in [0.3, 0.4) is 0 Å². The molecule has 3 rings (SSSR count). The lowest BCUT2D eigenvalue weighted by molar-refractivity contribution is -0.153. The number of alkyl halides is 3. The van der Waals surface area contributed by atoms with E-state index in [0.717, 1.165) is 36.5 Å². The molecule has 0 bridgehead atoms. The van der Waals surface area contributed by atoms with E-state index < -0.39 is 18.6 Å². The largest absolute Gasteiger partial charge is 0.484 e. The Morgan fingerprint density at radius 3 is 2.46 bits per heavy atom. The molecule has 0 unspecified atom stereocenters. The van der Waals surface area contributed by atoms with Gasteiger partial charge in [0.25, 0.3) is 0 Å². The van der Waals surface area contributed by atoms with Crippen LogP contribution in [0.15, 0.2) is 36.4 Å². The lowest BCUT2D eigenvalue weighted by atomic mass is 9.75. The van der Waals surface area contributed by atoms with E-state index in [2.05, 4.69) is 13.8 Å². The Bertz CT molecular complexity index is 843. The van der Waals surface area contributed by atoms with Gasteiger partial charge in [0.15, 0.2) is 6.61 Å². The molecule has 152 valence electrons. The summed E-state index contributed by atoms with van der Waals surface area (Å²) in [5.41, 5.74) is 2.50. The number of rotatable bonds is 5. The Balaban J connectivity index is 2.05. The third-order valence-electron chi connectivity index (χ3n) is 5.56. The highest BCUT2D eigenvalue weighted by molar-refractivity contribution is 5.71. The minimum atomic E-state index is -4.46.